The Bertz CT molecular complexity index is 2090. The number of fused-ring (bicyclic) bond motifs is 5. The van der Waals surface area contributed by atoms with Crippen molar-refractivity contribution in [1.82, 2.24) is 4.57 Å². The maximum absolute atomic E-state index is 12.8. The molecular weight excluding hydrogens is 490 g/mol. The largest absolute Gasteiger partial charge is 0.512 e. The third-order valence-electron chi connectivity index (χ3n) is 7.87. The van der Waals surface area contributed by atoms with Gasteiger partial charge in [-0.25, -0.2) is 0 Å². The van der Waals surface area contributed by atoms with E-state index < -0.39 is 0 Å². The van der Waals surface area contributed by atoms with Crippen molar-refractivity contribution in [2.24, 2.45) is 0 Å². The zero-order valence-electron chi connectivity index (χ0n) is 22.3. The topological polar surface area (TPSA) is 42.2 Å². The van der Waals surface area contributed by atoms with Gasteiger partial charge < -0.3 is 9.67 Å². The third kappa shape index (κ3) is 3.55. The molecule has 0 spiro atoms. The van der Waals surface area contributed by atoms with Gasteiger partial charge in [-0.15, -0.1) is 0 Å². The minimum Gasteiger partial charge on any atom is -0.512 e. The number of nitrogens with zero attached hydrogens (tertiary/aromatic N) is 1. The van der Waals surface area contributed by atoms with Crippen LogP contribution in [-0.2, 0) is 4.79 Å². The van der Waals surface area contributed by atoms with Crippen LogP contribution in [0.1, 0.15) is 19.4 Å². The molecule has 1 aromatic heterocycles. The molecule has 0 atom stereocenters. The first-order valence-electron chi connectivity index (χ1n) is 13.5. The molecule has 3 heteroatoms. The summed E-state index contributed by atoms with van der Waals surface area (Å²) >= 11 is 0. The first kappa shape index (κ1) is 23.9. The van der Waals surface area contributed by atoms with Crippen LogP contribution >= 0.6 is 0 Å². The third-order valence-corrected chi connectivity index (χ3v) is 7.87. The van der Waals surface area contributed by atoms with E-state index in [1.54, 1.807) is 6.92 Å². The molecule has 0 bridgehead atoms. The Hall–Kier alpha value is -5.15. The van der Waals surface area contributed by atoms with Crippen LogP contribution < -0.4 is 0 Å². The predicted octanol–water partition coefficient (Wildman–Crippen LogP) is 9.64. The van der Waals surface area contributed by atoms with Crippen LogP contribution in [0.5, 0.6) is 0 Å². The van der Waals surface area contributed by atoms with Crippen molar-refractivity contribution in [3.8, 4) is 16.8 Å². The second-order valence-corrected chi connectivity index (χ2v) is 10.3. The summed E-state index contributed by atoms with van der Waals surface area (Å²) < 4.78 is 2.32. The van der Waals surface area contributed by atoms with Gasteiger partial charge in [0.05, 0.1) is 16.6 Å². The van der Waals surface area contributed by atoms with Gasteiger partial charge in [-0.1, -0.05) is 91.0 Å². The molecule has 3 nitrogen and oxygen atoms in total. The second kappa shape index (κ2) is 9.25. The Labute approximate surface area is 232 Å². The highest BCUT2D eigenvalue weighted by Gasteiger charge is 2.22. The molecule has 0 saturated carbocycles. The zero-order valence-corrected chi connectivity index (χ0v) is 22.3. The van der Waals surface area contributed by atoms with Gasteiger partial charge in [0.25, 0.3) is 0 Å². The molecular formula is C37H27NO2. The van der Waals surface area contributed by atoms with Gasteiger partial charge in [0.15, 0.2) is 5.78 Å². The summed E-state index contributed by atoms with van der Waals surface area (Å²) in [6.45, 7) is 3.10. The van der Waals surface area contributed by atoms with Crippen LogP contribution in [0.3, 0.4) is 0 Å². The molecule has 0 fully saturated rings. The van der Waals surface area contributed by atoms with E-state index in [2.05, 4.69) is 83.4 Å². The maximum atomic E-state index is 12.8. The maximum Gasteiger partial charge on any atom is 0.163 e. The van der Waals surface area contributed by atoms with Crippen molar-refractivity contribution in [3.63, 3.8) is 0 Å². The minimum atomic E-state index is -0.154. The zero-order chi connectivity index (χ0) is 27.4. The van der Waals surface area contributed by atoms with Crippen molar-refractivity contribution >= 4 is 54.7 Å². The molecule has 0 amide bonds. The number of carbonyl (C=O) groups excluding carboxylic acids is 1. The molecule has 0 aliphatic heterocycles. The second-order valence-electron chi connectivity index (χ2n) is 10.3. The van der Waals surface area contributed by atoms with E-state index in [-0.39, 0.29) is 11.5 Å². The van der Waals surface area contributed by atoms with Crippen LogP contribution in [0, 0.1) is 0 Å². The number of allylic oxidation sites excluding steroid dienone is 2. The highest BCUT2D eigenvalue weighted by molar-refractivity contribution is 6.30. The van der Waals surface area contributed by atoms with E-state index in [0.29, 0.717) is 5.57 Å². The number of ketones is 1. The summed E-state index contributed by atoms with van der Waals surface area (Å²) in [4.78, 5) is 12.8. The van der Waals surface area contributed by atoms with Crippen LogP contribution in [0.15, 0.2) is 127 Å². The van der Waals surface area contributed by atoms with Gasteiger partial charge in [-0.3, -0.25) is 4.79 Å². The van der Waals surface area contributed by atoms with Gasteiger partial charge in [0.2, 0.25) is 0 Å². The Morgan fingerprint density at radius 1 is 0.575 bits per heavy atom. The summed E-state index contributed by atoms with van der Waals surface area (Å²) in [6.07, 6.45) is 0. The number of para-hydroxylation sites is 2. The lowest BCUT2D eigenvalue weighted by Gasteiger charge is -2.19. The van der Waals surface area contributed by atoms with E-state index in [9.17, 15) is 9.90 Å². The van der Waals surface area contributed by atoms with Crippen molar-refractivity contribution in [1.29, 1.82) is 0 Å². The molecule has 0 radical (unpaired) electrons. The Kier molecular flexibility index (Phi) is 5.53. The van der Waals surface area contributed by atoms with E-state index in [0.717, 1.165) is 49.4 Å². The van der Waals surface area contributed by atoms with Gasteiger partial charge in [0.1, 0.15) is 5.76 Å². The van der Waals surface area contributed by atoms with Crippen molar-refractivity contribution in [3.05, 3.63) is 133 Å². The molecule has 1 N–H and O–H groups in total. The quantitative estimate of drug-likeness (QED) is 0.143. The summed E-state index contributed by atoms with van der Waals surface area (Å²) in [7, 11) is 0. The molecule has 6 aromatic carbocycles. The van der Waals surface area contributed by atoms with E-state index >= 15 is 0 Å². The molecule has 0 saturated heterocycles. The summed E-state index contributed by atoms with van der Waals surface area (Å²) in [6, 6.07) is 42.1. The number of Topliss-reactive ketones (excluding diaryl/α,β-unsaturated/α-hetero) is 1. The summed E-state index contributed by atoms with van der Waals surface area (Å²) in [5, 5.41) is 17.0. The van der Waals surface area contributed by atoms with Crippen LogP contribution in [-0.4, -0.2) is 15.5 Å². The fourth-order valence-electron chi connectivity index (χ4n) is 6.30. The van der Waals surface area contributed by atoms with Gasteiger partial charge in [-0.05, 0) is 76.9 Å². The minimum absolute atomic E-state index is 0.0331. The van der Waals surface area contributed by atoms with Gasteiger partial charge in [0, 0.05) is 22.0 Å². The normalized spacial score (nSPS) is 12.3. The van der Waals surface area contributed by atoms with E-state index in [1.807, 2.05) is 42.5 Å². The van der Waals surface area contributed by atoms with Crippen molar-refractivity contribution in [2.75, 3.05) is 0 Å². The highest BCUT2D eigenvalue weighted by atomic mass is 16.3. The predicted molar refractivity (Wildman–Crippen MR) is 167 cm³/mol. The van der Waals surface area contributed by atoms with Crippen molar-refractivity contribution < 1.29 is 9.90 Å². The lowest BCUT2D eigenvalue weighted by atomic mass is 9.84. The number of carbonyl (C=O) groups is 1. The first-order valence-corrected chi connectivity index (χ1v) is 13.5. The fourth-order valence-corrected chi connectivity index (χ4v) is 6.30. The standard InChI is InChI=1S/C37H27NO2/c1-23(39)35(24(2)40)37-30-17-8-6-15-28(30)36(29-16-7-9-18-31(29)37)25-20-21-34-32(22-25)27-14-10-11-19-33(27)38(34)26-12-4-3-5-13-26/h3-22,39H,1-2H3/b35-23+. The highest BCUT2D eigenvalue weighted by Crippen LogP contribution is 2.44. The number of hydrogen-bond donors (Lipinski definition) is 1. The molecule has 0 aliphatic rings. The van der Waals surface area contributed by atoms with E-state index in [4.69, 9.17) is 0 Å². The smallest absolute Gasteiger partial charge is 0.163 e. The van der Waals surface area contributed by atoms with Gasteiger partial charge >= 0.3 is 0 Å². The average Bonchev–Trinajstić information content (AvgIpc) is 3.31. The molecule has 0 unspecified atom stereocenters. The molecule has 7 rings (SSSR count). The van der Waals surface area contributed by atoms with E-state index in [1.165, 1.54) is 23.2 Å². The Balaban J connectivity index is 1.60. The monoisotopic (exact) mass is 517 g/mol. The molecule has 7 aromatic rings. The summed E-state index contributed by atoms with van der Waals surface area (Å²) in [5.41, 5.74) is 6.82. The van der Waals surface area contributed by atoms with Crippen molar-refractivity contribution in [2.45, 2.75) is 13.8 Å². The van der Waals surface area contributed by atoms with Crippen LogP contribution in [0.2, 0.25) is 0 Å². The Morgan fingerprint density at radius 3 is 1.70 bits per heavy atom. The number of aromatic nitrogens is 1. The molecule has 40 heavy (non-hydrogen) atoms. The molecule has 1 heterocycles. The molecule has 0 aliphatic carbocycles. The number of rotatable bonds is 4. The number of hydrogen-bond acceptors (Lipinski definition) is 2. The summed E-state index contributed by atoms with van der Waals surface area (Å²) in [5.74, 6) is -0.121. The lowest BCUT2D eigenvalue weighted by Crippen LogP contribution is -2.02. The SMILES string of the molecule is CC(=O)/C(=C(/C)O)c1c2ccccc2c(-c2ccc3c(c2)c2ccccc2n3-c2ccccc2)c2ccccc12. The van der Waals surface area contributed by atoms with Gasteiger partial charge in [-0.2, -0.15) is 0 Å². The fraction of sp³-hybridized carbons (Fsp3) is 0.0541. The first-order chi connectivity index (χ1) is 19.5. The number of aliphatic hydroxyl groups is 1. The average molecular weight is 518 g/mol. The van der Waals surface area contributed by atoms with Crippen LogP contribution in [0.4, 0.5) is 0 Å². The number of aliphatic hydroxyl groups excluding tert-OH is 1. The lowest BCUT2D eigenvalue weighted by molar-refractivity contribution is -0.111. The van der Waals surface area contributed by atoms with Crippen LogP contribution in [0.25, 0.3) is 65.7 Å². The Morgan fingerprint density at radius 2 is 1.10 bits per heavy atom. The molecule has 192 valence electrons. The number of benzene rings is 6.